The van der Waals surface area contributed by atoms with Gasteiger partial charge in [-0.2, -0.15) is 13.2 Å². The number of alkyl halides is 4. The Bertz CT molecular complexity index is 1480. The molecular weight excluding hydrogens is 546 g/mol. The lowest BCUT2D eigenvalue weighted by Gasteiger charge is -2.16. The number of hydrogen-bond acceptors (Lipinski definition) is 4. The average Bonchev–Trinajstić information content (AvgIpc) is 3.23. The number of rotatable bonds is 9. The zero-order chi connectivity index (χ0) is 27.4. The molecular formula is C26H21ClF4N3O3S+. The molecule has 0 fully saturated rings. The van der Waals surface area contributed by atoms with Crippen molar-refractivity contribution in [2.24, 2.45) is 0 Å². The van der Waals surface area contributed by atoms with E-state index in [0.717, 1.165) is 6.07 Å². The van der Waals surface area contributed by atoms with E-state index in [1.54, 1.807) is 22.8 Å². The van der Waals surface area contributed by atoms with Crippen molar-refractivity contribution in [1.29, 1.82) is 0 Å². The van der Waals surface area contributed by atoms with Crippen LogP contribution in [-0.2, 0) is 35.0 Å². The van der Waals surface area contributed by atoms with Crippen LogP contribution in [0.3, 0.4) is 0 Å². The third kappa shape index (κ3) is 6.01. The van der Waals surface area contributed by atoms with Crippen molar-refractivity contribution < 1.29 is 31.7 Å². The number of aryl methyl sites for hydroxylation is 1. The maximum atomic E-state index is 13.6. The van der Waals surface area contributed by atoms with E-state index >= 15 is 0 Å². The van der Waals surface area contributed by atoms with E-state index in [4.69, 9.17) is 11.6 Å². The van der Waals surface area contributed by atoms with E-state index in [9.17, 15) is 31.7 Å². The standard InChI is InChI=1S/C26H20ClF4N3O3S/c27-18-3-1-15(21(12-18)26(29,30)31)10-19-11-17-9-16(2-6-24(17)34(19)8-7-28)25(36)33-23(14-35)22-5-4-20(38-37)13-32-22/h1-6,9,11-13,23,35H,7-8,10,14H2/p+1/t23-/m0/s1. The fourth-order valence-corrected chi connectivity index (χ4v) is 4.62. The number of aromatic nitrogens is 2. The molecule has 2 N–H and O–H groups in total. The highest BCUT2D eigenvalue weighted by atomic mass is 35.5. The van der Waals surface area contributed by atoms with Crippen molar-refractivity contribution in [2.75, 3.05) is 13.3 Å². The molecule has 0 unspecified atom stereocenters. The van der Waals surface area contributed by atoms with Crippen LogP contribution in [0.15, 0.2) is 65.7 Å². The first-order chi connectivity index (χ1) is 18.1. The Morgan fingerprint density at radius 1 is 1.13 bits per heavy atom. The van der Waals surface area contributed by atoms with Gasteiger partial charge in [0.05, 0.1) is 36.6 Å². The molecule has 0 saturated heterocycles. The monoisotopic (exact) mass is 566 g/mol. The average molecular weight is 567 g/mol. The summed E-state index contributed by atoms with van der Waals surface area (Å²) in [4.78, 5) is 17.4. The molecule has 6 nitrogen and oxygen atoms in total. The van der Waals surface area contributed by atoms with Gasteiger partial charge < -0.3 is 15.0 Å². The lowest BCUT2D eigenvalue weighted by molar-refractivity contribution is -0.138. The lowest BCUT2D eigenvalue weighted by Crippen LogP contribution is -2.31. The molecule has 12 heteroatoms. The second kappa shape index (κ2) is 11.5. The molecule has 0 aliphatic carbocycles. The maximum Gasteiger partial charge on any atom is 0.506 e. The Labute approximate surface area is 223 Å². The number of aliphatic hydroxyl groups excluding tert-OH is 1. The smallest absolute Gasteiger partial charge is 0.394 e. The van der Waals surface area contributed by atoms with Gasteiger partial charge in [0.2, 0.25) is 0 Å². The first kappa shape index (κ1) is 27.6. The SMILES string of the molecule is O=[S+]c1ccc([C@H](CO)NC(=O)c2ccc3c(c2)cc(Cc2ccc(Cl)cc2C(F)(F)F)n3CCF)nc1. The lowest BCUT2D eigenvalue weighted by atomic mass is 10.0. The van der Waals surface area contributed by atoms with Gasteiger partial charge in [0.25, 0.3) is 5.91 Å². The maximum absolute atomic E-state index is 13.6. The number of aliphatic hydroxyl groups is 1. The van der Waals surface area contributed by atoms with Crippen molar-refractivity contribution in [3.05, 3.63) is 93.9 Å². The third-order valence-electron chi connectivity index (χ3n) is 6.01. The van der Waals surface area contributed by atoms with E-state index in [2.05, 4.69) is 10.3 Å². The van der Waals surface area contributed by atoms with Crippen LogP contribution in [-0.4, -0.2) is 33.8 Å². The highest BCUT2D eigenvalue weighted by Crippen LogP contribution is 2.35. The van der Waals surface area contributed by atoms with Gasteiger partial charge in [-0.1, -0.05) is 17.7 Å². The first-order valence-corrected chi connectivity index (χ1v) is 12.5. The van der Waals surface area contributed by atoms with E-state index in [1.165, 1.54) is 36.5 Å². The quantitative estimate of drug-likeness (QED) is 0.206. The molecule has 1 amide bonds. The molecule has 0 aliphatic rings. The second-order valence-electron chi connectivity index (χ2n) is 8.44. The van der Waals surface area contributed by atoms with Crippen LogP contribution in [0, 0.1) is 0 Å². The minimum Gasteiger partial charge on any atom is -0.394 e. The number of carbonyl (C=O) groups excluding carboxylic acids is 1. The molecule has 0 aliphatic heterocycles. The molecule has 2 heterocycles. The van der Waals surface area contributed by atoms with Crippen LogP contribution in [0.2, 0.25) is 5.02 Å². The normalized spacial score (nSPS) is 12.5. The largest absolute Gasteiger partial charge is 0.506 e. The van der Waals surface area contributed by atoms with Gasteiger partial charge in [-0.15, -0.1) is 0 Å². The molecule has 198 valence electrons. The van der Waals surface area contributed by atoms with Gasteiger partial charge in [0, 0.05) is 43.9 Å². The van der Waals surface area contributed by atoms with Gasteiger partial charge in [0.15, 0.2) is 0 Å². The number of hydrogen-bond donors (Lipinski definition) is 2. The number of nitrogens with zero attached hydrogens (tertiary/aromatic N) is 2. The molecule has 0 radical (unpaired) electrons. The van der Waals surface area contributed by atoms with Crippen molar-refractivity contribution in [3.63, 3.8) is 0 Å². The van der Waals surface area contributed by atoms with Crippen molar-refractivity contribution in [1.82, 2.24) is 14.9 Å². The Morgan fingerprint density at radius 3 is 2.55 bits per heavy atom. The summed E-state index contributed by atoms with van der Waals surface area (Å²) < 4.78 is 66.7. The summed E-state index contributed by atoms with van der Waals surface area (Å²) in [7, 11) is 0. The molecule has 1 atom stereocenters. The highest BCUT2D eigenvalue weighted by Gasteiger charge is 2.33. The van der Waals surface area contributed by atoms with Crippen LogP contribution in [0.4, 0.5) is 17.6 Å². The molecule has 38 heavy (non-hydrogen) atoms. The Balaban J connectivity index is 1.65. The van der Waals surface area contributed by atoms with E-state index in [0.29, 0.717) is 27.2 Å². The fourth-order valence-electron chi connectivity index (χ4n) is 4.23. The van der Waals surface area contributed by atoms with Crippen LogP contribution in [0.5, 0.6) is 0 Å². The number of carbonyl (C=O) groups is 1. The number of halogens is 5. The summed E-state index contributed by atoms with van der Waals surface area (Å²) in [6.07, 6.45) is -3.40. The number of fused-ring (bicyclic) bond motifs is 1. The fraction of sp³-hybridized carbons (Fsp3) is 0.231. The van der Waals surface area contributed by atoms with E-state index < -0.39 is 37.0 Å². The van der Waals surface area contributed by atoms with Gasteiger partial charge >= 0.3 is 22.7 Å². The van der Waals surface area contributed by atoms with Crippen LogP contribution < -0.4 is 5.32 Å². The number of pyridine rings is 1. The first-order valence-electron chi connectivity index (χ1n) is 11.4. The highest BCUT2D eigenvalue weighted by molar-refractivity contribution is 7.65. The Kier molecular flexibility index (Phi) is 8.39. The zero-order valence-electron chi connectivity index (χ0n) is 19.6. The molecule has 2 aromatic carbocycles. The van der Waals surface area contributed by atoms with E-state index in [1.807, 2.05) is 0 Å². The van der Waals surface area contributed by atoms with Crippen molar-refractivity contribution in [2.45, 2.75) is 30.1 Å². The molecule has 4 rings (SSSR count). The number of amides is 1. The van der Waals surface area contributed by atoms with E-state index in [-0.39, 0.29) is 40.8 Å². The van der Waals surface area contributed by atoms with Crippen molar-refractivity contribution in [3.8, 4) is 0 Å². The summed E-state index contributed by atoms with van der Waals surface area (Å²) in [5.74, 6) is -0.521. The van der Waals surface area contributed by atoms with Crippen LogP contribution in [0.25, 0.3) is 10.9 Å². The topological polar surface area (TPSA) is 84.2 Å². The third-order valence-corrected chi connectivity index (χ3v) is 6.68. The molecule has 2 aromatic heterocycles. The summed E-state index contributed by atoms with van der Waals surface area (Å²) in [6.45, 7) is -1.25. The van der Waals surface area contributed by atoms with Gasteiger partial charge in [0.1, 0.15) is 6.67 Å². The summed E-state index contributed by atoms with van der Waals surface area (Å²) in [5.41, 5.74) is 0.711. The minimum atomic E-state index is -4.62. The Hall–Kier alpha value is -3.41. The predicted octanol–water partition coefficient (Wildman–Crippen LogP) is 5.52. The number of benzene rings is 2. The summed E-state index contributed by atoms with van der Waals surface area (Å²) in [5, 5.41) is 12.9. The predicted molar refractivity (Wildman–Crippen MR) is 135 cm³/mol. The number of nitrogens with one attached hydrogen (secondary N) is 1. The van der Waals surface area contributed by atoms with Gasteiger partial charge in [-0.05, 0) is 48.0 Å². The Morgan fingerprint density at radius 2 is 1.92 bits per heavy atom. The molecule has 0 saturated carbocycles. The van der Waals surface area contributed by atoms with Crippen LogP contribution in [0.1, 0.15) is 38.9 Å². The summed E-state index contributed by atoms with van der Waals surface area (Å²) >= 11 is 6.06. The van der Waals surface area contributed by atoms with Crippen LogP contribution >= 0.6 is 11.6 Å². The van der Waals surface area contributed by atoms with Gasteiger partial charge in [-0.3, -0.25) is 9.78 Å². The second-order valence-corrected chi connectivity index (χ2v) is 9.51. The zero-order valence-corrected chi connectivity index (χ0v) is 21.2. The molecule has 0 spiro atoms. The summed E-state index contributed by atoms with van der Waals surface area (Å²) in [6, 6.07) is 12.0. The molecule has 0 bridgehead atoms. The van der Waals surface area contributed by atoms with Gasteiger partial charge in [-0.25, -0.2) is 4.39 Å². The molecule has 4 aromatic rings. The van der Waals surface area contributed by atoms with Crippen molar-refractivity contribution >= 4 is 40.1 Å². The minimum absolute atomic E-state index is 0.0116.